The number of imidazole rings is 1. The topological polar surface area (TPSA) is 74.7 Å². The van der Waals surface area contributed by atoms with Gasteiger partial charge >= 0.3 is 5.69 Å². The van der Waals surface area contributed by atoms with Crippen molar-refractivity contribution in [3.63, 3.8) is 0 Å². The molecule has 0 amide bonds. The molecule has 0 bridgehead atoms. The SMILES string of the molecule is Cc1ccc(CC(N)c2ccc3[nH]c(=O)[nH]c3c2)cc1. The van der Waals surface area contributed by atoms with E-state index in [-0.39, 0.29) is 11.7 Å². The number of hydrogen-bond donors (Lipinski definition) is 3. The normalized spacial score (nSPS) is 12.7. The van der Waals surface area contributed by atoms with Crippen molar-refractivity contribution in [2.24, 2.45) is 5.73 Å². The highest BCUT2D eigenvalue weighted by atomic mass is 16.1. The molecule has 4 nitrogen and oxygen atoms in total. The van der Waals surface area contributed by atoms with Crippen molar-refractivity contribution in [3.05, 3.63) is 69.6 Å². The van der Waals surface area contributed by atoms with Crippen LogP contribution in [0, 0.1) is 6.92 Å². The number of hydrogen-bond acceptors (Lipinski definition) is 2. The van der Waals surface area contributed by atoms with Gasteiger partial charge in [-0.05, 0) is 36.6 Å². The molecule has 2 aromatic carbocycles. The lowest BCUT2D eigenvalue weighted by Gasteiger charge is -2.12. The van der Waals surface area contributed by atoms with E-state index in [0.29, 0.717) is 0 Å². The minimum Gasteiger partial charge on any atom is -0.324 e. The Morgan fingerprint density at radius 1 is 1.05 bits per heavy atom. The Hall–Kier alpha value is -2.33. The highest BCUT2D eigenvalue weighted by Gasteiger charge is 2.09. The Morgan fingerprint density at radius 3 is 2.50 bits per heavy atom. The first-order valence-electron chi connectivity index (χ1n) is 6.65. The van der Waals surface area contributed by atoms with Crippen LogP contribution >= 0.6 is 0 Å². The van der Waals surface area contributed by atoms with Gasteiger partial charge in [0.05, 0.1) is 11.0 Å². The minimum atomic E-state index is -0.191. The fourth-order valence-electron chi connectivity index (χ4n) is 2.38. The summed E-state index contributed by atoms with van der Waals surface area (Å²) < 4.78 is 0. The average molecular weight is 267 g/mol. The van der Waals surface area contributed by atoms with Crippen LogP contribution in [0.15, 0.2) is 47.3 Å². The molecule has 0 aliphatic carbocycles. The number of benzene rings is 2. The quantitative estimate of drug-likeness (QED) is 0.681. The summed E-state index contributed by atoms with van der Waals surface area (Å²) in [4.78, 5) is 16.7. The van der Waals surface area contributed by atoms with Crippen molar-refractivity contribution < 1.29 is 0 Å². The number of rotatable bonds is 3. The van der Waals surface area contributed by atoms with Crippen LogP contribution in [0.1, 0.15) is 22.7 Å². The van der Waals surface area contributed by atoms with Gasteiger partial charge in [0.2, 0.25) is 0 Å². The molecule has 1 unspecified atom stereocenters. The number of aromatic amines is 2. The van der Waals surface area contributed by atoms with Crippen molar-refractivity contribution in [3.8, 4) is 0 Å². The largest absolute Gasteiger partial charge is 0.324 e. The Kier molecular flexibility index (Phi) is 3.16. The highest BCUT2D eigenvalue weighted by Crippen LogP contribution is 2.19. The van der Waals surface area contributed by atoms with Crippen LogP contribution in [0.25, 0.3) is 11.0 Å². The molecule has 3 rings (SSSR count). The molecule has 0 saturated carbocycles. The molecule has 102 valence electrons. The van der Waals surface area contributed by atoms with E-state index < -0.39 is 0 Å². The zero-order chi connectivity index (χ0) is 14.1. The molecule has 0 aliphatic heterocycles. The molecule has 1 aromatic heterocycles. The van der Waals surface area contributed by atoms with Gasteiger partial charge in [-0.2, -0.15) is 0 Å². The summed E-state index contributed by atoms with van der Waals surface area (Å²) in [6.45, 7) is 2.07. The average Bonchev–Trinajstić information content (AvgIpc) is 2.80. The van der Waals surface area contributed by atoms with E-state index in [1.54, 1.807) is 0 Å². The molecule has 0 radical (unpaired) electrons. The molecular weight excluding hydrogens is 250 g/mol. The first-order chi connectivity index (χ1) is 9.61. The molecule has 0 spiro atoms. The third kappa shape index (κ3) is 2.51. The van der Waals surface area contributed by atoms with Gasteiger partial charge in [0, 0.05) is 6.04 Å². The van der Waals surface area contributed by atoms with Gasteiger partial charge in [0.15, 0.2) is 0 Å². The molecule has 4 heteroatoms. The standard InChI is InChI=1S/C16H17N3O/c1-10-2-4-11(5-3-10)8-13(17)12-6-7-14-15(9-12)19-16(20)18-14/h2-7,9,13H,8,17H2,1H3,(H2,18,19,20). The smallest absolute Gasteiger partial charge is 0.323 e. The molecule has 0 aliphatic rings. The zero-order valence-electron chi connectivity index (χ0n) is 11.3. The second-order valence-electron chi connectivity index (χ2n) is 5.18. The lowest BCUT2D eigenvalue weighted by atomic mass is 9.99. The van der Waals surface area contributed by atoms with Gasteiger partial charge in [-0.25, -0.2) is 4.79 Å². The summed E-state index contributed by atoms with van der Waals surface area (Å²) in [5.74, 6) is 0. The monoisotopic (exact) mass is 267 g/mol. The predicted octanol–water partition coefficient (Wildman–Crippen LogP) is 2.41. The fourth-order valence-corrected chi connectivity index (χ4v) is 2.38. The van der Waals surface area contributed by atoms with Gasteiger partial charge in [0.1, 0.15) is 0 Å². The van der Waals surface area contributed by atoms with Crippen LogP contribution in [-0.2, 0) is 6.42 Å². The van der Waals surface area contributed by atoms with Crippen LogP contribution < -0.4 is 11.4 Å². The summed E-state index contributed by atoms with van der Waals surface area (Å²) in [5.41, 5.74) is 11.2. The highest BCUT2D eigenvalue weighted by molar-refractivity contribution is 5.75. The third-order valence-electron chi connectivity index (χ3n) is 3.54. The van der Waals surface area contributed by atoms with Gasteiger partial charge in [-0.1, -0.05) is 35.9 Å². The van der Waals surface area contributed by atoms with E-state index in [1.807, 2.05) is 18.2 Å². The molecule has 3 aromatic rings. The van der Waals surface area contributed by atoms with Crippen LogP contribution in [0.3, 0.4) is 0 Å². The van der Waals surface area contributed by atoms with Crippen molar-refractivity contribution in [2.45, 2.75) is 19.4 Å². The summed E-state index contributed by atoms with van der Waals surface area (Å²) in [6.07, 6.45) is 0.778. The molecule has 0 fully saturated rings. The van der Waals surface area contributed by atoms with Crippen LogP contribution in [0.4, 0.5) is 0 Å². The Balaban J connectivity index is 1.85. The molecule has 4 N–H and O–H groups in total. The fraction of sp³-hybridized carbons (Fsp3) is 0.188. The maximum absolute atomic E-state index is 11.3. The lowest BCUT2D eigenvalue weighted by Crippen LogP contribution is -2.13. The number of nitrogens with two attached hydrogens (primary N) is 1. The van der Waals surface area contributed by atoms with Crippen LogP contribution in [-0.4, -0.2) is 9.97 Å². The van der Waals surface area contributed by atoms with Crippen LogP contribution in [0.5, 0.6) is 0 Å². The first-order valence-corrected chi connectivity index (χ1v) is 6.65. The summed E-state index contributed by atoms with van der Waals surface area (Å²) in [5, 5.41) is 0. The van der Waals surface area contributed by atoms with E-state index >= 15 is 0 Å². The molecule has 1 heterocycles. The van der Waals surface area contributed by atoms with E-state index in [2.05, 4.69) is 41.2 Å². The van der Waals surface area contributed by atoms with Crippen molar-refractivity contribution in [1.29, 1.82) is 0 Å². The number of nitrogens with one attached hydrogen (secondary N) is 2. The maximum Gasteiger partial charge on any atom is 0.323 e. The van der Waals surface area contributed by atoms with E-state index in [9.17, 15) is 4.79 Å². The summed E-state index contributed by atoms with van der Waals surface area (Å²) in [7, 11) is 0. The molecule has 0 saturated heterocycles. The van der Waals surface area contributed by atoms with Gasteiger partial charge in [-0.3, -0.25) is 0 Å². The van der Waals surface area contributed by atoms with E-state index in [1.165, 1.54) is 11.1 Å². The Bertz CT molecular complexity index is 783. The summed E-state index contributed by atoms with van der Waals surface area (Å²) >= 11 is 0. The van der Waals surface area contributed by atoms with Crippen molar-refractivity contribution in [1.82, 2.24) is 9.97 Å². The van der Waals surface area contributed by atoms with E-state index in [0.717, 1.165) is 23.0 Å². The number of fused-ring (bicyclic) bond motifs is 1. The predicted molar refractivity (Wildman–Crippen MR) is 80.7 cm³/mol. The van der Waals surface area contributed by atoms with Crippen LogP contribution in [0.2, 0.25) is 0 Å². The van der Waals surface area contributed by atoms with Gasteiger partial charge < -0.3 is 15.7 Å². The zero-order valence-corrected chi connectivity index (χ0v) is 11.3. The second kappa shape index (κ2) is 4.98. The Morgan fingerprint density at radius 2 is 1.75 bits per heavy atom. The molecular formula is C16H17N3O. The lowest BCUT2D eigenvalue weighted by molar-refractivity contribution is 0.723. The maximum atomic E-state index is 11.3. The number of aromatic nitrogens is 2. The molecule has 20 heavy (non-hydrogen) atoms. The van der Waals surface area contributed by atoms with Crippen molar-refractivity contribution in [2.75, 3.05) is 0 Å². The number of H-pyrrole nitrogens is 2. The third-order valence-corrected chi connectivity index (χ3v) is 3.54. The second-order valence-corrected chi connectivity index (χ2v) is 5.18. The van der Waals surface area contributed by atoms with Gasteiger partial charge in [-0.15, -0.1) is 0 Å². The minimum absolute atomic E-state index is 0.0829. The van der Waals surface area contributed by atoms with Gasteiger partial charge in [0.25, 0.3) is 0 Å². The summed E-state index contributed by atoms with van der Waals surface area (Å²) in [6, 6.07) is 14.1. The Labute approximate surface area is 116 Å². The molecule has 1 atom stereocenters. The number of aryl methyl sites for hydroxylation is 1. The first kappa shape index (κ1) is 12.7. The van der Waals surface area contributed by atoms with E-state index in [4.69, 9.17) is 5.73 Å². The van der Waals surface area contributed by atoms with Crippen molar-refractivity contribution >= 4 is 11.0 Å².